The fraction of sp³-hybridized carbons (Fsp3) is 0.308. The van der Waals surface area contributed by atoms with Crippen LogP contribution in [0.3, 0.4) is 0 Å². The maximum Gasteiger partial charge on any atom is 0.460 e. The molecule has 0 saturated heterocycles. The van der Waals surface area contributed by atoms with Crippen molar-refractivity contribution in [3.05, 3.63) is 36.1 Å². The predicted octanol–water partition coefficient (Wildman–Crippen LogP) is 3.99. The zero-order chi connectivity index (χ0) is 17.9. The molecule has 128 valence electrons. The van der Waals surface area contributed by atoms with E-state index in [9.17, 15) is 35.5 Å². The van der Waals surface area contributed by atoms with Crippen LogP contribution in [0.1, 0.15) is 0 Å². The van der Waals surface area contributed by atoms with Gasteiger partial charge in [0.15, 0.2) is 17.3 Å². The Morgan fingerprint density at radius 1 is 1.00 bits per heavy atom. The highest BCUT2D eigenvalue weighted by Crippen LogP contribution is 2.50. The molecule has 0 fully saturated rings. The van der Waals surface area contributed by atoms with Crippen molar-refractivity contribution in [2.75, 3.05) is 7.11 Å². The monoisotopic (exact) mass is 346 g/mol. The minimum Gasteiger partial charge on any atom is -0.493 e. The van der Waals surface area contributed by atoms with Gasteiger partial charge in [0, 0.05) is 6.08 Å². The zero-order valence-electron chi connectivity index (χ0n) is 11.3. The van der Waals surface area contributed by atoms with Crippen LogP contribution in [0, 0.1) is 0 Å². The number of para-hydroxylation sites is 2. The molecule has 0 atom stereocenters. The Morgan fingerprint density at radius 3 is 1.96 bits per heavy atom. The van der Waals surface area contributed by atoms with Crippen LogP contribution in [0.4, 0.5) is 30.7 Å². The third-order valence-electron chi connectivity index (χ3n) is 2.57. The number of alkyl halides is 7. The molecular formula is C13H9F7O3. The number of methoxy groups -OCH3 is 1. The van der Waals surface area contributed by atoms with E-state index in [1.54, 1.807) is 0 Å². The molecule has 0 aromatic heterocycles. The molecule has 0 aliphatic rings. The molecule has 0 spiro atoms. The fourth-order valence-corrected chi connectivity index (χ4v) is 1.42. The van der Waals surface area contributed by atoms with Crippen LogP contribution < -0.4 is 9.47 Å². The Balaban J connectivity index is 3.32. The number of hydrogen-bond acceptors (Lipinski definition) is 3. The summed E-state index contributed by atoms with van der Waals surface area (Å²) in [5.41, 5.74) is 0. The molecular weight excluding hydrogens is 337 g/mol. The summed E-state index contributed by atoms with van der Waals surface area (Å²) in [6, 6.07) is 4.78. The van der Waals surface area contributed by atoms with Gasteiger partial charge in [-0.1, -0.05) is 12.1 Å². The summed E-state index contributed by atoms with van der Waals surface area (Å²) in [4.78, 5) is 10.3. The van der Waals surface area contributed by atoms with E-state index in [0.717, 1.165) is 13.2 Å². The van der Waals surface area contributed by atoms with Gasteiger partial charge in [-0.2, -0.15) is 30.7 Å². The van der Waals surface area contributed by atoms with Gasteiger partial charge in [-0.15, -0.1) is 0 Å². The third kappa shape index (κ3) is 3.57. The first-order valence-electron chi connectivity index (χ1n) is 5.78. The number of carbonyl (C=O) groups is 1. The maximum atomic E-state index is 13.6. The molecule has 0 bridgehead atoms. The van der Waals surface area contributed by atoms with Crippen LogP contribution in [-0.4, -0.2) is 31.4 Å². The van der Waals surface area contributed by atoms with Gasteiger partial charge in [-0.3, -0.25) is 4.79 Å². The van der Waals surface area contributed by atoms with Gasteiger partial charge < -0.3 is 9.47 Å². The van der Waals surface area contributed by atoms with E-state index in [0.29, 0.717) is 0 Å². The van der Waals surface area contributed by atoms with Crippen molar-refractivity contribution >= 4 is 6.29 Å². The third-order valence-corrected chi connectivity index (χ3v) is 2.57. The van der Waals surface area contributed by atoms with E-state index in [2.05, 4.69) is 4.74 Å². The van der Waals surface area contributed by atoms with Gasteiger partial charge in [0.05, 0.1) is 7.11 Å². The quantitative estimate of drug-likeness (QED) is 0.338. The van der Waals surface area contributed by atoms with Crippen LogP contribution in [0.25, 0.3) is 0 Å². The Kier molecular flexibility index (Phi) is 5.28. The standard InChI is InChI=1S/C13H9F7O3/c1-22-8-4-2-3-5-9(8)23-10(6-7-21)11(14,15)12(16,17)13(18,19)20/h2-7H,1H3/b10-6+. The second kappa shape index (κ2) is 6.47. The van der Waals surface area contributed by atoms with E-state index in [-0.39, 0.29) is 11.8 Å². The molecule has 0 radical (unpaired) electrons. The van der Waals surface area contributed by atoms with Gasteiger partial charge in [-0.05, 0) is 12.1 Å². The Labute approximate surface area is 125 Å². The second-order valence-corrected chi connectivity index (χ2v) is 4.07. The van der Waals surface area contributed by atoms with Crippen LogP contribution in [-0.2, 0) is 4.79 Å². The molecule has 1 aromatic rings. The highest BCUT2D eigenvalue weighted by molar-refractivity contribution is 5.66. The smallest absolute Gasteiger partial charge is 0.460 e. The molecule has 1 aromatic carbocycles. The number of aldehydes is 1. The van der Waals surface area contributed by atoms with Gasteiger partial charge in [-0.25, -0.2) is 0 Å². The largest absolute Gasteiger partial charge is 0.493 e. The van der Waals surface area contributed by atoms with Crippen molar-refractivity contribution in [1.29, 1.82) is 0 Å². The Morgan fingerprint density at radius 2 is 1.52 bits per heavy atom. The van der Waals surface area contributed by atoms with Crippen molar-refractivity contribution in [2.24, 2.45) is 0 Å². The topological polar surface area (TPSA) is 35.5 Å². The number of ether oxygens (including phenoxy) is 2. The minimum atomic E-state index is -6.55. The lowest BCUT2D eigenvalue weighted by atomic mass is 10.1. The minimum absolute atomic E-state index is 0.213. The molecule has 10 heteroatoms. The lowest BCUT2D eigenvalue weighted by molar-refractivity contribution is -0.348. The van der Waals surface area contributed by atoms with Gasteiger partial charge in [0.25, 0.3) is 0 Å². The molecule has 3 nitrogen and oxygen atoms in total. The van der Waals surface area contributed by atoms with Crippen molar-refractivity contribution in [3.63, 3.8) is 0 Å². The summed E-state index contributed by atoms with van der Waals surface area (Å²) in [5, 5.41) is 0. The van der Waals surface area contributed by atoms with E-state index < -0.39 is 35.8 Å². The highest BCUT2D eigenvalue weighted by atomic mass is 19.4. The van der Waals surface area contributed by atoms with E-state index >= 15 is 0 Å². The molecule has 0 amide bonds. The van der Waals surface area contributed by atoms with E-state index in [4.69, 9.17) is 4.74 Å². The van der Waals surface area contributed by atoms with Crippen molar-refractivity contribution in [3.8, 4) is 11.5 Å². The molecule has 0 aliphatic heterocycles. The van der Waals surface area contributed by atoms with Gasteiger partial charge >= 0.3 is 18.0 Å². The summed E-state index contributed by atoms with van der Waals surface area (Å²) < 4.78 is 98.9. The predicted molar refractivity (Wildman–Crippen MR) is 63.7 cm³/mol. The van der Waals surface area contributed by atoms with Crippen LogP contribution in [0.5, 0.6) is 11.5 Å². The highest BCUT2D eigenvalue weighted by Gasteiger charge is 2.75. The number of halogens is 7. The number of allylic oxidation sites excluding steroid dienone is 2. The van der Waals surface area contributed by atoms with Crippen LogP contribution >= 0.6 is 0 Å². The van der Waals surface area contributed by atoms with Crippen molar-refractivity contribution in [1.82, 2.24) is 0 Å². The SMILES string of the molecule is COc1ccccc1O/C(=C/C=O)C(F)(F)C(F)(F)C(F)(F)F. The summed E-state index contributed by atoms with van der Waals surface area (Å²) >= 11 is 0. The van der Waals surface area contributed by atoms with E-state index in [1.807, 2.05) is 0 Å². The number of carbonyl (C=O) groups excluding carboxylic acids is 1. The molecule has 1 rings (SSSR count). The summed E-state index contributed by atoms with van der Waals surface area (Å²) in [5.74, 6) is -15.2. The summed E-state index contributed by atoms with van der Waals surface area (Å²) in [6.07, 6.45) is -7.17. The number of rotatable bonds is 6. The van der Waals surface area contributed by atoms with Crippen molar-refractivity contribution in [2.45, 2.75) is 18.0 Å². The first kappa shape index (κ1) is 18.8. The van der Waals surface area contributed by atoms with Crippen LogP contribution in [0.15, 0.2) is 36.1 Å². The summed E-state index contributed by atoms with van der Waals surface area (Å²) in [6.45, 7) is 0. The lowest BCUT2D eigenvalue weighted by Crippen LogP contribution is -2.53. The normalized spacial score (nSPS) is 13.7. The fourth-order valence-electron chi connectivity index (χ4n) is 1.42. The Hall–Kier alpha value is -2.26. The molecule has 0 unspecified atom stereocenters. The second-order valence-electron chi connectivity index (χ2n) is 4.07. The van der Waals surface area contributed by atoms with Gasteiger partial charge in [0.1, 0.15) is 6.29 Å². The molecule has 0 N–H and O–H groups in total. The van der Waals surface area contributed by atoms with Crippen molar-refractivity contribution < 1.29 is 45.0 Å². The van der Waals surface area contributed by atoms with Gasteiger partial charge in [0.2, 0.25) is 0 Å². The number of benzene rings is 1. The van der Waals surface area contributed by atoms with E-state index in [1.165, 1.54) is 18.2 Å². The zero-order valence-corrected chi connectivity index (χ0v) is 11.3. The average Bonchev–Trinajstić information content (AvgIpc) is 2.45. The average molecular weight is 346 g/mol. The number of hydrogen-bond donors (Lipinski definition) is 0. The molecule has 0 saturated carbocycles. The first-order chi connectivity index (χ1) is 10.5. The first-order valence-corrected chi connectivity index (χ1v) is 5.78. The Bertz CT molecular complexity index is 593. The maximum absolute atomic E-state index is 13.6. The van der Waals surface area contributed by atoms with Crippen LogP contribution in [0.2, 0.25) is 0 Å². The summed E-state index contributed by atoms with van der Waals surface area (Å²) in [7, 11) is 1.09. The lowest BCUT2D eigenvalue weighted by Gasteiger charge is -2.29. The molecule has 23 heavy (non-hydrogen) atoms. The molecule has 0 aliphatic carbocycles. The molecule has 0 heterocycles.